The molecule has 0 aromatic carbocycles. The molecule has 0 bridgehead atoms. The number of hydrogen-bond acceptors (Lipinski definition) is 5. The Kier molecular flexibility index (Phi) is 3.88. The molecule has 0 aliphatic rings. The summed E-state index contributed by atoms with van der Waals surface area (Å²) in [6.07, 6.45) is 5.11. The quantitative estimate of drug-likeness (QED) is 0.909. The molecule has 0 fully saturated rings. The number of carbonyl (C=O) groups is 1. The molecule has 0 aliphatic carbocycles. The van der Waals surface area contributed by atoms with E-state index in [-0.39, 0.29) is 23.3 Å². The third kappa shape index (κ3) is 3.04. The lowest BCUT2D eigenvalue weighted by Crippen LogP contribution is -2.24. The number of aryl methyl sites for hydroxylation is 1. The van der Waals surface area contributed by atoms with E-state index in [1.165, 1.54) is 12.4 Å². The fourth-order valence-electron chi connectivity index (χ4n) is 1.29. The molecule has 0 spiro atoms. The average molecular weight is 267 g/mol. The summed E-state index contributed by atoms with van der Waals surface area (Å²) in [5.74, 6) is 0.859. The summed E-state index contributed by atoms with van der Waals surface area (Å²) in [5.41, 5.74) is 0.157. The largest absolute Gasteiger partial charge is 0.444 e. The fraction of sp³-hybridized carbons (Fsp3) is 0.273. The van der Waals surface area contributed by atoms with Crippen molar-refractivity contribution in [2.45, 2.75) is 19.9 Å². The van der Waals surface area contributed by atoms with Crippen molar-refractivity contribution in [2.75, 3.05) is 0 Å². The van der Waals surface area contributed by atoms with Gasteiger partial charge in [0.05, 0.1) is 25.1 Å². The first-order chi connectivity index (χ1) is 8.69. The number of halogens is 1. The summed E-state index contributed by atoms with van der Waals surface area (Å²) in [5, 5.41) is 2.80. The fourth-order valence-corrected chi connectivity index (χ4v) is 1.44. The van der Waals surface area contributed by atoms with E-state index >= 15 is 0 Å². The highest BCUT2D eigenvalue weighted by molar-refractivity contribution is 6.29. The van der Waals surface area contributed by atoms with Gasteiger partial charge in [0.15, 0.2) is 0 Å². The molecule has 18 heavy (non-hydrogen) atoms. The zero-order chi connectivity index (χ0) is 13.0. The van der Waals surface area contributed by atoms with Crippen LogP contribution in [0.4, 0.5) is 0 Å². The van der Waals surface area contributed by atoms with Gasteiger partial charge in [-0.1, -0.05) is 18.5 Å². The molecule has 94 valence electrons. The highest BCUT2D eigenvalue weighted by atomic mass is 35.5. The van der Waals surface area contributed by atoms with Gasteiger partial charge >= 0.3 is 0 Å². The van der Waals surface area contributed by atoms with Gasteiger partial charge in [0.1, 0.15) is 16.6 Å². The Bertz CT molecular complexity index is 555. The van der Waals surface area contributed by atoms with Gasteiger partial charge in [-0.2, -0.15) is 0 Å². The standard InChI is InChI=1S/C11H11ClN4O2/c1-2-7-3-14-10(18-7)6-15-11(17)8-4-13-5-9(12)16-8/h3-5H,2,6H2,1H3,(H,15,17). The van der Waals surface area contributed by atoms with Crippen LogP contribution in [0.15, 0.2) is 23.0 Å². The third-order valence-electron chi connectivity index (χ3n) is 2.19. The van der Waals surface area contributed by atoms with Crippen molar-refractivity contribution in [3.05, 3.63) is 41.1 Å². The monoisotopic (exact) mass is 266 g/mol. The predicted molar refractivity (Wildman–Crippen MR) is 64.1 cm³/mol. The van der Waals surface area contributed by atoms with Crippen LogP contribution in [-0.2, 0) is 13.0 Å². The van der Waals surface area contributed by atoms with Crippen LogP contribution in [0.25, 0.3) is 0 Å². The molecule has 1 amide bonds. The maximum atomic E-state index is 11.7. The molecule has 6 nitrogen and oxygen atoms in total. The summed E-state index contributed by atoms with van der Waals surface area (Å²) in [7, 11) is 0. The summed E-state index contributed by atoms with van der Waals surface area (Å²) >= 11 is 5.64. The van der Waals surface area contributed by atoms with Crippen LogP contribution in [0.5, 0.6) is 0 Å². The second kappa shape index (κ2) is 5.59. The molecular weight excluding hydrogens is 256 g/mol. The van der Waals surface area contributed by atoms with Crippen LogP contribution in [0.2, 0.25) is 5.15 Å². The van der Waals surface area contributed by atoms with Crippen molar-refractivity contribution in [3.8, 4) is 0 Å². The number of oxazole rings is 1. The minimum atomic E-state index is -0.374. The van der Waals surface area contributed by atoms with E-state index in [4.69, 9.17) is 16.0 Å². The van der Waals surface area contributed by atoms with Crippen LogP contribution in [0.1, 0.15) is 29.1 Å². The molecule has 0 saturated carbocycles. The minimum absolute atomic E-state index is 0.157. The van der Waals surface area contributed by atoms with Crippen LogP contribution in [-0.4, -0.2) is 20.9 Å². The maximum Gasteiger partial charge on any atom is 0.271 e. The third-order valence-corrected chi connectivity index (χ3v) is 2.37. The van der Waals surface area contributed by atoms with Gasteiger partial charge in [-0.05, 0) is 0 Å². The second-order valence-corrected chi connectivity index (χ2v) is 3.87. The molecule has 2 heterocycles. The summed E-state index contributed by atoms with van der Waals surface area (Å²) < 4.78 is 5.35. The number of rotatable bonds is 4. The Balaban J connectivity index is 1.96. The molecule has 0 saturated heterocycles. The molecule has 7 heteroatoms. The van der Waals surface area contributed by atoms with Crippen LogP contribution >= 0.6 is 11.6 Å². The average Bonchev–Trinajstić information content (AvgIpc) is 2.84. The molecule has 1 N–H and O–H groups in total. The van der Waals surface area contributed by atoms with E-state index in [1.54, 1.807) is 6.20 Å². The SMILES string of the molecule is CCc1cnc(CNC(=O)c2cncc(Cl)n2)o1. The van der Waals surface area contributed by atoms with Crippen molar-refractivity contribution in [2.24, 2.45) is 0 Å². The second-order valence-electron chi connectivity index (χ2n) is 3.48. The number of nitrogens with one attached hydrogen (secondary N) is 1. The normalized spacial score (nSPS) is 10.3. The summed E-state index contributed by atoms with van der Waals surface area (Å²) in [4.78, 5) is 23.4. The molecule has 2 rings (SSSR count). The van der Waals surface area contributed by atoms with Gasteiger partial charge in [-0.3, -0.25) is 9.78 Å². The zero-order valence-corrected chi connectivity index (χ0v) is 10.4. The Morgan fingerprint density at radius 2 is 2.28 bits per heavy atom. The van der Waals surface area contributed by atoms with E-state index in [1.807, 2.05) is 6.92 Å². The van der Waals surface area contributed by atoms with Crippen molar-refractivity contribution in [1.82, 2.24) is 20.3 Å². The van der Waals surface area contributed by atoms with Crippen molar-refractivity contribution >= 4 is 17.5 Å². The molecule has 0 radical (unpaired) electrons. The summed E-state index contributed by atoms with van der Waals surface area (Å²) in [6.45, 7) is 2.16. The van der Waals surface area contributed by atoms with Gasteiger partial charge in [0, 0.05) is 6.42 Å². The Morgan fingerprint density at radius 1 is 1.44 bits per heavy atom. The first-order valence-corrected chi connectivity index (χ1v) is 5.76. The molecular formula is C11H11ClN4O2. The highest BCUT2D eigenvalue weighted by Crippen LogP contribution is 2.05. The zero-order valence-electron chi connectivity index (χ0n) is 9.68. The number of carbonyl (C=O) groups excluding carboxylic acids is 1. The van der Waals surface area contributed by atoms with Crippen LogP contribution < -0.4 is 5.32 Å². The molecule has 2 aromatic rings. The highest BCUT2D eigenvalue weighted by Gasteiger charge is 2.10. The lowest BCUT2D eigenvalue weighted by Gasteiger charge is -2.01. The van der Waals surface area contributed by atoms with Gasteiger partial charge in [-0.15, -0.1) is 0 Å². The first kappa shape index (κ1) is 12.5. The van der Waals surface area contributed by atoms with E-state index in [0.29, 0.717) is 5.89 Å². The van der Waals surface area contributed by atoms with Crippen LogP contribution in [0, 0.1) is 0 Å². The Hall–Kier alpha value is -1.95. The maximum absolute atomic E-state index is 11.7. The van der Waals surface area contributed by atoms with E-state index in [2.05, 4.69) is 20.3 Å². The van der Waals surface area contributed by atoms with Crippen molar-refractivity contribution < 1.29 is 9.21 Å². The van der Waals surface area contributed by atoms with Gasteiger partial charge in [0.2, 0.25) is 5.89 Å². The van der Waals surface area contributed by atoms with E-state index in [0.717, 1.165) is 12.2 Å². The molecule has 2 aromatic heterocycles. The molecule has 0 atom stereocenters. The molecule has 0 aliphatic heterocycles. The number of aromatic nitrogens is 3. The Morgan fingerprint density at radius 3 is 2.94 bits per heavy atom. The smallest absolute Gasteiger partial charge is 0.271 e. The van der Waals surface area contributed by atoms with Crippen molar-refractivity contribution in [1.29, 1.82) is 0 Å². The van der Waals surface area contributed by atoms with E-state index in [9.17, 15) is 4.79 Å². The van der Waals surface area contributed by atoms with Gasteiger partial charge in [0.25, 0.3) is 5.91 Å². The lowest BCUT2D eigenvalue weighted by atomic mass is 10.4. The van der Waals surface area contributed by atoms with E-state index < -0.39 is 0 Å². The van der Waals surface area contributed by atoms with Crippen LogP contribution in [0.3, 0.4) is 0 Å². The first-order valence-electron chi connectivity index (χ1n) is 5.38. The number of nitrogens with zero attached hydrogens (tertiary/aromatic N) is 3. The Labute approximate surface area is 108 Å². The number of amides is 1. The molecule has 0 unspecified atom stereocenters. The van der Waals surface area contributed by atoms with Gasteiger partial charge in [-0.25, -0.2) is 9.97 Å². The predicted octanol–water partition coefficient (Wildman–Crippen LogP) is 1.61. The van der Waals surface area contributed by atoms with Crippen molar-refractivity contribution in [3.63, 3.8) is 0 Å². The summed E-state index contributed by atoms with van der Waals surface area (Å²) in [6, 6.07) is 0. The topological polar surface area (TPSA) is 80.9 Å². The van der Waals surface area contributed by atoms with Gasteiger partial charge < -0.3 is 9.73 Å². The minimum Gasteiger partial charge on any atom is -0.444 e. The lowest BCUT2D eigenvalue weighted by molar-refractivity contribution is 0.0941. The number of hydrogen-bond donors (Lipinski definition) is 1.